The number of hydrogen-bond donors (Lipinski definition) is 0. The second kappa shape index (κ2) is 5.31. The summed E-state index contributed by atoms with van der Waals surface area (Å²) in [7, 11) is 0. The van der Waals surface area contributed by atoms with E-state index in [1.807, 2.05) is 11.0 Å². The number of ether oxygens (including phenoxy) is 2. The Morgan fingerprint density at radius 3 is 2.80 bits per heavy atom. The van der Waals surface area contributed by atoms with Gasteiger partial charge in [0, 0.05) is 23.5 Å². The fraction of sp³-hybridized carbons (Fsp3) is 0.538. The molecule has 6 nitrogen and oxygen atoms in total. The van der Waals surface area contributed by atoms with Gasteiger partial charge in [-0.3, -0.25) is 10.1 Å². The molecule has 0 aliphatic carbocycles. The van der Waals surface area contributed by atoms with E-state index in [0.717, 1.165) is 19.4 Å². The topological polar surface area (TPSA) is 64.8 Å². The van der Waals surface area contributed by atoms with Crippen LogP contribution < -0.4 is 4.90 Å². The first-order valence-electron chi connectivity index (χ1n) is 6.56. The van der Waals surface area contributed by atoms with E-state index in [-0.39, 0.29) is 10.6 Å². The summed E-state index contributed by atoms with van der Waals surface area (Å²) in [5.41, 5.74) is 0.728. The highest BCUT2D eigenvalue weighted by atomic mass is 79.9. The summed E-state index contributed by atoms with van der Waals surface area (Å²) >= 11 is 3.28. The smallest absolute Gasteiger partial charge is 0.293 e. The maximum atomic E-state index is 11.2. The minimum absolute atomic E-state index is 0.106. The van der Waals surface area contributed by atoms with Gasteiger partial charge in [0.05, 0.1) is 24.7 Å². The van der Waals surface area contributed by atoms with E-state index < -0.39 is 5.79 Å². The van der Waals surface area contributed by atoms with Crippen LogP contribution in [0.5, 0.6) is 0 Å². The van der Waals surface area contributed by atoms with Crippen LogP contribution in [0.1, 0.15) is 12.8 Å². The van der Waals surface area contributed by atoms with Crippen LogP contribution in [-0.2, 0) is 9.47 Å². The van der Waals surface area contributed by atoms with Crippen molar-refractivity contribution in [1.82, 2.24) is 0 Å². The number of halogens is 1. The molecule has 0 atom stereocenters. The maximum absolute atomic E-state index is 11.2. The zero-order valence-electron chi connectivity index (χ0n) is 10.9. The second-order valence-electron chi connectivity index (χ2n) is 5.02. The molecule has 0 amide bonds. The Labute approximate surface area is 124 Å². The molecule has 0 bridgehead atoms. The average Bonchev–Trinajstić information content (AvgIpc) is 2.86. The fourth-order valence-electron chi connectivity index (χ4n) is 2.84. The highest BCUT2D eigenvalue weighted by Gasteiger charge is 2.41. The summed E-state index contributed by atoms with van der Waals surface area (Å²) in [5, 5.41) is 11.2. The van der Waals surface area contributed by atoms with Crippen LogP contribution in [0.3, 0.4) is 0 Å². The SMILES string of the molecule is O=[N+]([O-])c1cc(Br)ccc1N1CCCC2(C1)OCCO2. The van der Waals surface area contributed by atoms with Crippen LogP contribution in [0.4, 0.5) is 11.4 Å². The number of nitro groups is 1. The van der Waals surface area contributed by atoms with E-state index in [0.29, 0.717) is 29.9 Å². The van der Waals surface area contributed by atoms with E-state index in [1.165, 1.54) is 6.07 Å². The Kier molecular flexibility index (Phi) is 3.66. The van der Waals surface area contributed by atoms with Crippen molar-refractivity contribution in [1.29, 1.82) is 0 Å². The third-order valence-electron chi connectivity index (χ3n) is 3.71. The van der Waals surface area contributed by atoms with Gasteiger partial charge >= 0.3 is 0 Å². The Balaban J connectivity index is 1.90. The molecule has 3 rings (SSSR count). The van der Waals surface area contributed by atoms with Crippen LogP contribution in [0.15, 0.2) is 22.7 Å². The molecule has 2 fully saturated rings. The number of piperidine rings is 1. The van der Waals surface area contributed by atoms with Gasteiger partial charge in [-0.25, -0.2) is 0 Å². The van der Waals surface area contributed by atoms with Crippen LogP contribution in [0.2, 0.25) is 0 Å². The Hall–Kier alpha value is -1.18. The predicted octanol–water partition coefficient (Wildman–Crippen LogP) is 2.70. The summed E-state index contributed by atoms with van der Waals surface area (Å²) in [6.45, 7) is 2.50. The highest BCUT2D eigenvalue weighted by molar-refractivity contribution is 9.10. The monoisotopic (exact) mass is 342 g/mol. The molecular weight excluding hydrogens is 328 g/mol. The lowest BCUT2D eigenvalue weighted by Gasteiger charge is -2.39. The quantitative estimate of drug-likeness (QED) is 0.610. The van der Waals surface area contributed by atoms with E-state index in [1.54, 1.807) is 6.07 Å². The Bertz CT molecular complexity index is 531. The first kappa shape index (κ1) is 13.8. The number of hydrogen-bond acceptors (Lipinski definition) is 5. The highest BCUT2D eigenvalue weighted by Crippen LogP contribution is 2.37. The van der Waals surface area contributed by atoms with Crippen molar-refractivity contribution in [3.8, 4) is 0 Å². The van der Waals surface area contributed by atoms with Gasteiger partial charge in [-0.1, -0.05) is 15.9 Å². The largest absolute Gasteiger partial charge is 0.361 e. The molecular formula is C13H15BrN2O4. The van der Waals surface area contributed by atoms with Crippen molar-refractivity contribution in [2.45, 2.75) is 18.6 Å². The third kappa shape index (κ3) is 2.53. The minimum Gasteiger partial charge on any atom is -0.361 e. The lowest BCUT2D eigenvalue weighted by Crippen LogP contribution is -2.49. The maximum Gasteiger partial charge on any atom is 0.293 e. The molecule has 0 radical (unpaired) electrons. The number of nitrogens with zero attached hydrogens (tertiary/aromatic N) is 2. The van der Waals surface area contributed by atoms with Crippen LogP contribution in [-0.4, -0.2) is 37.0 Å². The molecule has 0 saturated carbocycles. The van der Waals surface area contributed by atoms with Gasteiger partial charge in [-0.05, 0) is 18.6 Å². The van der Waals surface area contributed by atoms with Crippen molar-refractivity contribution in [3.63, 3.8) is 0 Å². The van der Waals surface area contributed by atoms with Gasteiger partial charge < -0.3 is 14.4 Å². The zero-order chi connectivity index (χ0) is 14.2. The number of anilines is 1. The molecule has 108 valence electrons. The van der Waals surface area contributed by atoms with Crippen molar-refractivity contribution >= 4 is 27.3 Å². The molecule has 0 aromatic heterocycles. The number of rotatable bonds is 2. The Morgan fingerprint density at radius 1 is 1.35 bits per heavy atom. The second-order valence-corrected chi connectivity index (χ2v) is 5.94. The van der Waals surface area contributed by atoms with Gasteiger partial charge in [0.1, 0.15) is 5.69 Å². The van der Waals surface area contributed by atoms with E-state index in [9.17, 15) is 10.1 Å². The van der Waals surface area contributed by atoms with Crippen molar-refractivity contribution in [2.75, 3.05) is 31.2 Å². The molecule has 2 heterocycles. The molecule has 0 N–H and O–H groups in total. The lowest BCUT2D eigenvalue weighted by molar-refractivity contribution is -0.384. The fourth-order valence-corrected chi connectivity index (χ4v) is 3.19. The molecule has 2 aliphatic heterocycles. The van der Waals surface area contributed by atoms with Crippen LogP contribution >= 0.6 is 15.9 Å². The normalized spacial score (nSPS) is 21.4. The first-order chi connectivity index (χ1) is 9.60. The summed E-state index contributed by atoms with van der Waals surface area (Å²) in [5.74, 6) is -0.584. The molecule has 0 unspecified atom stereocenters. The third-order valence-corrected chi connectivity index (χ3v) is 4.20. The van der Waals surface area contributed by atoms with Crippen molar-refractivity contribution < 1.29 is 14.4 Å². The van der Waals surface area contributed by atoms with Gasteiger partial charge in [0.2, 0.25) is 0 Å². The summed E-state index contributed by atoms with van der Waals surface area (Å²) in [6.07, 6.45) is 1.74. The zero-order valence-corrected chi connectivity index (χ0v) is 12.5. The molecule has 2 aliphatic rings. The Morgan fingerprint density at radius 2 is 2.10 bits per heavy atom. The molecule has 7 heteroatoms. The van der Waals surface area contributed by atoms with Gasteiger partial charge in [0.15, 0.2) is 5.79 Å². The molecule has 1 aromatic carbocycles. The summed E-state index contributed by atoms with van der Waals surface area (Å²) in [4.78, 5) is 12.9. The lowest BCUT2D eigenvalue weighted by atomic mass is 10.0. The van der Waals surface area contributed by atoms with Crippen molar-refractivity contribution in [2.24, 2.45) is 0 Å². The number of nitro benzene ring substituents is 1. The molecule has 1 aromatic rings. The average molecular weight is 343 g/mol. The summed E-state index contributed by atoms with van der Waals surface area (Å²) < 4.78 is 12.1. The molecule has 20 heavy (non-hydrogen) atoms. The minimum atomic E-state index is -0.584. The number of benzene rings is 1. The predicted molar refractivity (Wildman–Crippen MR) is 76.9 cm³/mol. The molecule has 2 saturated heterocycles. The van der Waals surface area contributed by atoms with Crippen molar-refractivity contribution in [3.05, 3.63) is 32.8 Å². The molecule has 1 spiro atoms. The summed E-state index contributed by atoms with van der Waals surface area (Å²) in [6, 6.07) is 5.13. The van der Waals surface area contributed by atoms with Crippen LogP contribution in [0, 0.1) is 10.1 Å². The van der Waals surface area contributed by atoms with Crippen LogP contribution in [0.25, 0.3) is 0 Å². The van der Waals surface area contributed by atoms with Gasteiger partial charge in [-0.2, -0.15) is 0 Å². The standard InChI is InChI=1S/C13H15BrN2O4/c14-10-2-3-11(12(8-10)16(17)18)15-5-1-4-13(9-15)19-6-7-20-13/h2-3,8H,1,4-7,9H2. The first-order valence-corrected chi connectivity index (χ1v) is 7.36. The van der Waals surface area contributed by atoms with Gasteiger partial charge in [0.25, 0.3) is 5.69 Å². The van der Waals surface area contributed by atoms with E-state index in [2.05, 4.69) is 15.9 Å². The van der Waals surface area contributed by atoms with E-state index in [4.69, 9.17) is 9.47 Å². The van der Waals surface area contributed by atoms with Gasteiger partial charge in [-0.15, -0.1) is 0 Å². The van der Waals surface area contributed by atoms with E-state index >= 15 is 0 Å².